The van der Waals surface area contributed by atoms with Crippen LogP contribution in [0, 0.1) is 17.6 Å². The Morgan fingerprint density at radius 1 is 1.39 bits per heavy atom. The third-order valence-corrected chi connectivity index (χ3v) is 3.65. The summed E-state index contributed by atoms with van der Waals surface area (Å²) in [4.78, 5) is 0. The van der Waals surface area contributed by atoms with Crippen LogP contribution in [0.25, 0.3) is 0 Å². The molecule has 2 rings (SSSR count). The van der Waals surface area contributed by atoms with Crippen molar-refractivity contribution in [3.63, 3.8) is 0 Å². The third-order valence-electron chi connectivity index (χ3n) is 3.65. The van der Waals surface area contributed by atoms with Crippen molar-refractivity contribution in [2.45, 2.75) is 38.3 Å². The summed E-state index contributed by atoms with van der Waals surface area (Å²) in [5.74, 6) is -0.377. The first-order valence-electron chi connectivity index (χ1n) is 6.42. The predicted octanol–water partition coefficient (Wildman–Crippen LogP) is 2.78. The summed E-state index contributed by atoms with van der Waals surface area (Å²) in [5.41, 5.74) is 0.355. The molecule has 1 saturated carbocycles. The van der Waals surface area contributed by atoms with Gasteiger partial charge in [-0.25, -0.2) is 8.78 Å². The van der Waals surface area contributed by atoms with E-state index in [2.05, 4.69) is 5.32 Å². The van der Waals surface area contributed by atoms with Crippen molar-refractivity contribution in [1.82, 2.24) is 5.32 Å². The van der Waals surface area contributed by atoms with Crippen molar-refractivity contribution in [2.75, 3.05) is 6.54 Å². The monoisotopic (exact) mass is 255 g/mol. The molecule has 3 atom stereocenters. The quantitative estimate of drug-likeness (QED) is 0.867. The van der Waals surface area contributed by atoms with E-state index in [1.54, 1.807) is 0 Å². The number of benzene rings is 1. The maximum atomic E-state index is 13.5. The van der Waals surface area contributed by atoms with Crippen molar-refractivity contribution in [3.8, 4) is 0 Å². The molecule has 0 aliphatic heterocycles. The topological polar surface area (TPSA) is 32.3 Å². The molecule has 0 saturated heterocycles. The van der Waals surface area contributed by atoms with Gasteiger partial charge in [0.1, 0.15) is 11.6 Å². The number of aliphatic hydroxyl groups excluding tert-OH is 1. The molecule has 1 aliphatic rings. The molecule has 0 heterocycles. The molecule has 2 N–H and O–H groups in total. The molecule has 4 heteroatoms. The second-order valence-electron chi connectivity index (χ2n) is 5.13. The van der Waals surface area contributed by atoms with E-state index in [4.69, 9.17) is 0 Å². The van der Waals surface area contributed by atoms with Gasteiger partial charge in [0.05, 0.1) is 6.10 Å². The van der Waals surface area contributed by atoms with Gasteiger partial charge in [-0.3, -0.25) is 0 Å². The molecular weight excluding hydrogens is 236 g/mol. The predicted molar refractivity (Wildman–Crippen MR) is 66.1 cm³/mol. The summed E-state index contributed by atoms with van der Waals surface area (Å²) in [7, 11) is 0. The zero-order valence-corrected chi connectivity index (χ0v) is 10.5. The van der Waals surface area contributed by atoms with E-state index < -0.39 is 5.82 Å². The highest BCUT2D eigenvalue weighted by atomic mass is 19.1. The Morgan fingerprint density at radius 3 is 2.83 bits per heavy atom. The van der Waals surface area contributed by atoms with Gasteiger partial charge in [-0.15, -0.1) is 0 Å². The maximum absolute atomic E-state index is 13.5. The fourth-order valence-electron chi connectivity index (χ4n) is 2.53. The van der Waals surface area contributed by atoms with Gasteiger partial charge in [-0.2, -0.15) is 0 Å². The zero-order chi connectivity index (χ0) is 13.1. The molecule has 0 aromatic heterocycles. The highest BCUT2D eigenvalue weighted by molar-refractivity contribution is 5.21. The molecule has 100 valence electrons. The second-order valence-corrected chi connectivity index (χ2v) is 5.13. The Balaban J connectivity index is 1.91. The van der Waals surface area contributed by atoms with Crippen LogP contribution in [0.1, 0.15) is 37.8 Å². The maximum Gasteiger partial charge on any atom is 0.128 e. The van der Waals surface area contributed by atoms with Crippen LogP contribution in [0.4, 0.5) is 8.78 Å². The largest absolute Gasteiger partial charge is 0.393 e. The number of hydrogen-bond donors (Lipinski definition) is 2. The number of halogens is 2. The van der Waals surface area contributed by atoms with E-state index in [9.17, 15) is 13.9 Å². The fraction of sp³-hybridized carbons (Fsp3) is 0.571. The number of aliphatic hydroxyl groups is 1. The van der Waals surface area contributed by atoms with Crippen LogP contribution in [0.3, 0.4) is 0 Å². The van der Waals surface area contributed by atoms with Crippen molar-refractivity contribution >= 4 is 0 Å². The molecule has 2 nitrogen and oxygen atoms in total. The van der Waals surface area contributed by atoms with Gasteiger partial charge in [0.25, 0.3) is 0 Å². The van der Waals surface area contributed by atoms with E-state index in [1.165, 1.54) is 6.07 Å². The van der Waals surface area contributed by atoms with E-state index >= 15 is 0 Å². The number of rotatable bonds is 4. The second kappa shape index (κ2) is 5.76. The van der Waals surface area contributed by atoms with Crippen LogP contribution in [-0.4, -0.2) is 17.8 Å². The van der Waals surface area contributed by atoms with Gasteiger partial charge in [0, 0.05) is 11.6 Å². The van der Waals surface area contributed by atoms with Crippen LogP contribution in [0.2, 0.25) is 0 Å². The Kier molecular flexibility index (Phi) is 4.30. The average molecular weight is 255 g/mol. The molecule has 0 amide bonds. The SMILES string of the molecule is CC(NCC1CCC(O)C1)c1cc(F)ccc1F. The van der Waals surface area contributed by atoms with E-state index in [0.29, 0.717) is 11.5 Å². The zero-order valence-electron chi connectivity index (χ0n) is 10.5. The molecule has 18 heavy (non-hydrogen) atoms. The summed E-state index contributed by atoms with van der Waals surface area (Å²) >= 11 is 0. The Morgan fingerprint density at radius 2 is 2.17 bits per heavy atom. The highest BCUT2D eigenvalue weighted by Gasteiger charge is 2.23. The van der Waals surface area contributed by atoms with E-state index in [-0.39, 0.29) is 18.0 Å². The van der Waals surface area contributed by atoms with E-state index in [0.717, 1.165) is 37.9 Å². The van der Waals surface area contributed by atoms with Crippen molar-refractivity contribution < 1.29 is 13.9 Å². The Bertz CT molecular complexity index is 411. The number of hydrogen-bond acceptors (Lipinski definition) is 2. The van der Waals surface area contributed by atoms with Gasteiger partial charge in [-0.1, -0.05) is 0 Å². The van der Waals surface area contributed by atoms with Gasteiger partial charge >= 0.3 is 0 Å². The van der Waals surface area contributed by atoms with Gasteiger partial charge in [0.2, 0.25) is 0 Å². The van der Waals surface area contributed by atoms with Crippen molar-refractivity contribution in [3.05, 3.63) is 35.4 Å². The lowest BCUT2D eigenvalue weighted by atomic mass is 10.0. The van der Waals surface area contributed by atoms with Crippen LogP contribution in [-0.2, 0) is 0 Å². The lowest BCUT2D eigenvalue weighted by Crippen LogP contribution is -2.25. The highest BCUT2D eigenvalue weighted by Crippen LogP contribution is 2.26. The first-order chi connectivity index (χ1) is 8.56. The van der Waals surface area contributed by atoms with Crippen LogP contribution >= 0.6 is 0 Å². The fourth-order valence-corrected chi connectivity index (χ4v) is 2.53. The van der Waals surface area contributed by atoms with Crippen LogP contribution in [0.5, 0.6) is 0 Å². The van der Waals surface area contributed by atoms with Crippen LogP contribution < -0.4 is 5.32 Å². The minimum absolute atomic E-state index is 0.196. The molecule has 3 unspecified atom stereocenters. The molecule has 1 fully saturated rings. The summed E-state index contributed by atoms with van der Waals surface area (Å²) < 4.78 is 26.6. The normalized spacial score (nSPS) is 25.3. The van der Waals surface area contributed by atoms with Gasteiger partial charge in [0.15, 0.2) is 0 Å². The minimum atomic E-state index is -0.420. The molecular formula is C14H19F2NO. The standard InChI is InChI=1S/C14H19F2NO/c1-9(13-7-11(15)3-5-14(13)16)17-8-10-2-4-12(18)6-10/h3,5,7,9-10,12,17-18H,2,4,6,8H2,1H3. The van der Waals surface area contributed by atoms with Gasteiger partial charge in [-0.05, 0) is 56.8 Å². The first-order valence-corrected chi connectivity index (χ1v) is 6.42. The molecule has 1 aliphatic carbocycles. The van der Waals surface area contributed by atoms with Crippen molar-refractivity contribution in [2.24, 2.45) is 5.92 Å². The van der Waals surface area contributed by atoms with Gasteiger partial charge < -0.3 is 10.4 Å². The third kappa shape index (κ3) is 3.27. The number of nitrogens with one attached hydrogen (secondary N) is 1. The summed E-state index contributed by atoms with van der Waals surface area (Å²) in [6.07, 6.45) is 2.44. The molecule has 1 aromatic carbocycles. The smallest absolute Gasteiger partial charge is 0.128 e. The molecule has 0 spiro atoms. The van der Waals surface area contributed by atoms with Crippen LogP contribution in [0.15, 0.2) is 18.2 Å². The average Bonchev–Trinajstić information content (AvgIpc) is 2.75. The first kappa shape index (κ1) is 13.4. The van der Waals surface area contributed by atoms with Crippen molar-refractivity contribution in [1.29, 1.82) is 0 Å². The minimum Gasteiger partial charge on any atom is -0.393 e. The Hall–Kier alpha value is -1.00. The lowest BCUT2D eigenvalue weighted by molar-refractivity contribution is 0.177. The lowest BCUT2D eigenvalue weighted by Gasteiger charge is -2.18. The summed E-state index contributed by atoms with van der Waals surface area (Å²) in [5, 5.41) is 12.6. The van der Waals surface area contributed by atoms with E-state index in [1.807, 2.05) is 6.92 Å². The summed E-state index contributed by atoms with van der Waals surface area (Å²) in [6.45, 7) is 2.55. The molecule has 1 aromatic rings. The molecule has 0 radical (unpaired) electrons. The molecule has 0 bridgehead atoms. The Labute approximate surface area is 106 Å². The summed E-state index contributed by atoms with van der Waals surface area (Å²) in [6, 6.07) is 3.29.